The monoisotopic (exact) mass is 399 g/mol. The maximum absolute atomic E-state index is 13.1. The van der Waals surface area contributed by atoms with Crippen LogP contribution >= 0.6 is 0 Å². The molecule has 0 saturated carbocycles. The Morgan fingerprint density at radius 1 is 0.867 bits per heavy atom. The van der Waals surface area contributed by atoms with Crippen molar-refractivity contribution < 1.29 is 19.1 Å². The Morgan fingerprint density at radius 3 is 2.30 bits per heavy atom. The molecule has 5 nitrogen and oxygen atoms in total. The van der Waals surface area contributed by atoms with Crippen LogP contribution < -0.4 is 0 Å². The molecule has 0 atom stereocenters. The first-order valence-corrected chi connectivity index (χ1v) is 9.61. The smallest absolute Gasteiger partial charge is 0.338 e. The molecule has 1 N–H and O–H groups in total. The average Bonchev–Trinajstić information content (AvgIpc) is 3.18. The van der Waals surface area contributed by atoms with E-state index in [0.29, 0.717) is 17.7 Å². The SMILES string of the molecule is COCc1ccc(C(=O)OCC(=O)c2c(-c3ccccc3)[nH]c3ccccc23)cc1. The third-order valence-electron chi connectivity index (χ3n) is 4.88. The number of esters is 1. The van der Waals surface area contributed by atoms with Crippen molar-refractivity contribution in [3.05, 3.63) is 95.6 Å². The molecule has 5 heteroatoms. The van der Waals surface area contributed by atoms with Crippen LogP contribution in [0.15, 0.2) is 78.9 Å². The normalized spacial score (nSPS) is 10.8. The van der Waals surface area contributed by atoms with Crippen molar-refractivity contribution in [2.45, 2.75) is 6.61 Å². The highest BCUT2D eigenvalue weighted by atomic mass is 16.5. The molecule has 0 aliphatic rings. The Labute approximate surface area is 174 Å². The maximum atomic E-state index is 13.1. The van der Waals surface area contributed by atoms with Crippen molar-refractivity contribution >= 4 is 22.7 Å². The summed E-state index contributed by atoms with van der Waals surface area (Å²) in [7, 11) is 1.61. The lowest BCUT2D eigenvalue weighted by Crippen LogP contribution is -2.15. The number of rotatable bonds is 7. The Kier molecular flexibility index (Phi) is 5.72. The summed E-state index contributed by atoms with van der Waals surface area (Å²) >= 11 is 0. The van der Waals surface area contributed by atoms with E-state index >= 15 is 0 Å². The number of ketones is 1. The van der Waals surface area contributed by atoms with Crippen molar-refractivity contribution in [3.63, 3.8) is 0 Å². The molecule has 0 amide bonds. The highest BCUT2D eigenvalue weighted by Crippen LogP contribution is 2.30. The molecule has 0 aliphatic carbocycles. The van der Waals surface area contributed by atoms with Gasteiger partial charge in [-0.25, -0.2) is 4.79 Å². The van der Waals surface area contributed by atoms with Gasteiger partial charge in [-0.1, -0.05) is 60.7 Å². The lowest BCUT2D eigenvalue weighted by molar-refractivity contribution is 0.0475. The van der Waals surface area contributed by atoms with Gasteiger partial charge in [0.15, 0.2) is 6.61 Å². The molecule has 150 valence electrons. The van der Waals surface area contributed by atoms with E-state index in [-0.39, 0.29) is 12.4 Å². The zero-order valence-electron chi connectivity index (χ0n) is 16.6. The van der Waals surface area contributed by atoms with Crippen LogP contribution in [0.3, 0.4) is 0 Å². The quantitative estimate of drug-likeness (QED) is 0.350. The van der Waals surface area contributed by atoms with E-state index in [1.165, 1.54) is 0 Å². The fourth-order valence-electron chi connectivity index (χ4n) is 3.44. The summed E-state index contributed by atoms with van der Waals surface area (Å²) in [5.74, 6) is -0.788. The van der Waals surface area contributed by atoms with Crippen molar-refractivity contribution in [3.8, 4) is 11.3 Å². The second-order valence-electron chi connectivity index (χ2n) is 6.92. The number of fused-ring (bicyclic) bond motifs is 1. The van der Waals surface area contributed by atoms with Gasteiger partial charge in [0.25, 0.3) is 0 Å². The molecular weight excluding hydrogens is 378 g/mol. The molecule has 3 aromatic carbocycles. The Bertz CT molecular complexity index is 1180. The molecule has 0 fully saturated rings. The summed E-state index contributed by atoms with van der Waals surface area (Å²) in [5.41, 5.74) is 4.36. The zero-order valence-corrected chi connectivity index (χ0v) is 16.6. The van der Waals surface area contributed by atoms with Crippen molar-refractivity contribution in [2.75, 3.05) is 13.7 Å². The number of aromatic amines is 1. The molecule has 0 saturated heterocycles. The van der Waals surface area contributed by atoms with Crippen molar-refractivity contribution in [1.82, 2.24) is 4.98 Å². The second-order valence-corrected chi connectivity index (χ2v) is 6.92. The predicted octanol–water partition coefficient (Wildman–Crippen LogP) is 5.02. The summed E-state index contributed by atoms with van der Waals surface area (Å²) in [6, 6.07) is 24.2. The van der Waals surface area contributed by atoms with E-state index in [1.807, 2.05) is 54.6 Å². The van der Waals surface area contributed by atoms with E-state index in [9.17, 15) is 9.59 Å². The van der Waals surface area contributed by atoms with Gasteiger partial charge in [-0.3, -0.25) is 4.79 Å². The number of para-hydroxylation sites is 1. The van der Waals surface area contributed by atoms with Gasteiger partial charge in [0.05, 0.1) is 23.4 Å². The van der Waals surface area contributed by atoms with E-state index in [1.54, 1.807) is 31.4 Å². The number of ether oxygens (including phenoxy) is 2. The Morgan fingerprint density at radius 2 is 1.57 bits per heavy atom. The van der Waals surface area contributed by atoms with E-state index in [0.717, 1.165) is 27.7 Å². The zero-order chi connectivity index (χ0) is 20.9. The summed E-state index contributed by atoms with van der Waals surface area (Å²) < 4.78 is 10.4. The molecule has 1 heterocycles. The van der Waals surface area contributed by atoms with Crippen molar-refractivity contribution in [2.24, 2.45) is 0 Å². The van der Waals surface area contributed by atoms with Gasteiger partial charge in [0, 0.05) is 18.0 Å². The lowest BCUT2D eigenvalue weighted by atomic mass is 10.0. The molecule has 4 aromatic rings. The van der Waals surface area contributed by atoms with Crippen LogP contribution in [0.2, 0.25) is 0 Å². The number of H-pyrrole nitrogens is 1. The number of benzene rings is 3. The minimum atomic E-state index is -0.534. The maximum Gasteiger partial charge on any atom is 0.338 e. The molecule has 0 aliphatic heterocycles. The summed E-state index contributed by atoms with van der Waals surface area (Å²) in [6.07, 6.45) is 0. The summed E-state index contributed by atoms with van der Waals surface area (Å²) in [5, 5.41) is 0.807. The lowest BCUT2D eigenvalue weighted by Gasteiger charge is -2.07. The fourth-order valence-corrected chi connectivity index (χ4v) is 3.44. The van der Waals surface area contributed by atoms with Crippen LogP contribution in [0.25, 0.3) is 22.2 Å². The fraction of sp³-hybridized carbons (Fsp3) is 0.120. The van der Waals surface area contributed by atoms with Crippen LogP contribution in [0, 0.1) is 0 Å². The van der Waals surface area contributed by atoms with Gasteiger partial charge in [0.1, 0.15) is 0 Å². The van der Waals surface area contributed by atoms with Gasteiger partial charge < -0.3 is 14.5 Å². The van der Waals surface area contributed by atoms with Crippen LogP contribution in [-0.2, 0) is 16.1 Å². The molecule has 0 unspecified atom stereocenters. The Hall–Kier alpha value is -3.70. The van der Waals surface area contributed by atoms with Crippen LogP contribution in [0.1, 0.15) is 26.3 Å². The minimum Gasteiger partial charge on any atom is -0.454 e. The first-order chi connectivity index (χ1) is 14.7. The summed E-state index contributed by atoms with van der Waals surface area (Å²) in [6.45, 7) is 0.136. The number of carbonyl (C=O) groups is 2. The molecule has 1 aromatic heterocycles. The van der Waals surface area contributed by atoms with E-state index in [4.69, 9.17) is 9.47 Å². The third kappa shape index (κ3) is 4.02. The number of Topliss-reactive ketones (excluding diaryl/α,β-unsaturated/α-hetero) is 1. The molecule has 0 bridgehead atoms. The molecule has 0 spiro atoms. The number of hydrogen-bond donors (Lipinski definition) is 1. The van der Waals surface area contributed by atoms with E-state index < -0.39 is 5.97 Å². The highest BCUT2D eigenvalue weighted by molar-refractivity contribution is 6.14. The average molecular weight is 399 g/mol. The molecule has 4 rings (SSSR count). The number of nitrogens with one attached hydrogen (secondary N) is 1. The summed E-state index contributed by atoms with van der Waals surface area (Å²) in [4.78, 5) is 28.8. The standard InChI is InChI=1S/C25H21NO4/c1-29-15-17-11-13-19(14-12-17)25(28)30-16-22(27)23-20-9-5-6-10-21(20)26-24(23)18-7-3-2-4-8-18/h2-14,26H,15-16H2,1H3. The highest BCUT2D eigenvalue weighted by Gasteiger charge is 2.21. The number of carbonyl (C=O) groups excluding carboxylic acids is 2. The number of hydrogen-bond acceptors (Lipinski definition) is 4. The van der Waals surface area contributed by atoms with Crippen LogP contribution in [0.4, 0.5) is 0 Å². The largest absolute Gasteiger partial charge is 0.454 e. The number of aromatic nitrogens is 1. The molecular formula is C25H21NO4. The first-order valence-electron chi connectivity index (χ1n) is 9.61. The Balaban J connectivity index is 1.57. The molecule has 0 radical (unpaired) electrons. The van der Waals surface area contributed by atoms with Gasteiger partial charge in [0.2, 0.25) is 5.78 Å². The van der Waals surface area contributed by atoms with Gasteiger partial charge >= 0.3 is 5.97 Å². The van der Waals surface area contributed by atoms with Crippen molar-refractivity contribution in [1.29, 1.82) is 0 Å². The van der Waals surface area contributed by atoms with Gasteiger partial charge in [-0.2, -0.15) is 0 Å². The predicted molar refractivity (Wildman–Crippen MR) is 116 cm³/mol. The van der Waals surface area contributed by atoms with Gasteiger partial charge in [-0.15, -0.1) is 0 Å². The van der Waals surface area contributed by atoms with Crippen LogP contribution in [-0.4, -0.2) is 30.5 Å². The second kappa shape index (κ2) is 8.76. The third-order valence-corrected chi connectivity index (χ3v) is 4.88. The van der Waals surface area contributed by atoms with Gasteiger partial charge in [-0.05, 0) is 29.3 Å². The van der Waals surface area contributed by atoms with E-state index in [2.05, 4.69) is 4.98 Å². The topological polar surface area (TPSA) is 68.4 Å². The molecule has 30 heavy (non-hydrogen) atoms. The minimum absolute atomic E-state index is 0.254. The van der Waals surface area contributed by atoms with Crippen LogP contribution in [0.5, 0.6) is 0 Å². The number of methoxy groups -OCH3 is 1. The first kappa shape index (κ1) is 19.6.